The van der Waals surface area contributed by atoms with Crippen molar-refractivity contribution in [2.45, 2.75) is 32.6 Å². The molecular weight excluding hydrogens is 250 g/mol. The molecule has 1 N–H and O–H groups in total. The van der Waals surface area contributed by atoms with Crippen molar-refractivity contribution in [1.29, 1.82) is 0 Å². The second-order valence-corrected chi connectivity index (χ2v) is 10.5. The predicted molar refractivity (Wildman–Crippen MR) is 83.2 cm³/mol. The molecule has 1 aromatic heterocycles. The molecule has 1 unspecified atom stereocenters. The van der Waals surface area contributed by atoms with E-state index < -0.39 is 8.07 Å². The highest BCUT2D eigenvalue weighted by Gasteiger charge is 2.23. The van der Waals surface area contributed by atoms with Crippen molar-refractivity contribution in [3.8, 4) is 0 Å². The average Bonchev–Trinajstić information content (AvgIpc) is 2.90. The summed E-state index contributed by atoms with van der Waals surface area (Å²) in [6, 6.07) is 13.3. The molecule has 1 aromatic carbocycles. The molecule has 0 aliphatic heterocycles. The van der Waals surface area contributed by atoms with Crippen LogP contribution in [0.25, 0.3) is 0 Å². The second-order valence-electron chi connectivity index (χ2n) is 5.76. The molecule has 0 amide bonds. The molecule has 1 heterocycles. The van der Waals surface area contributed by atoms with Crippen LogP contribution in [0, 0.1) is 0 Å². The van der Waals surface area contributed by atoms with Gasteiger partial charge in [-0.1, -0.05) is 48.6 Å². The lowest BCUT2D eigenvalue weighted by Crippen LogP contribution is -2.52. The van der Waals surface area contributed by atoms with Crippen LogP contribution in [0.3, 0.4) is 0 Å². The Hall–Kier alpha value is -1.39. The third-order valence-electron chi connectivity index (χ3n) is 3.47. The number of benzene rings is 1. The zero-order chi connectivity index (χ0) is 13.7. The van der Waals surface area contributed by atoms with E-state index in [1.807, 2.05) is 23.1 Å². The molecule has 0 aliphatic rings. The quantitative estimate of drug-likeness (QED) is 0.816. The summed E-state index contributed by atoms with van der Waals surface area (Å²) in [7, 11) is -1.38. The standard InChI is InChI=1S/C15H23N3Si/c1-14(12-18-11-7-10-17-18)16-13-19(2,3)15-8-5-4-6-9-15/h4-11,14,16H,12-13H2,1-3H3. The van der Waals surface area contributed by atoms with E-state index >= 15 is 0 Å². The van der Waals surface area contributed by atoms with E-state index in [0.29, 0.717) is 6.04 Å². The average molecular weight is 273 g/mol. The van der Waals surface area contributed by atoms with Gasteiger partial charge in [0.25, 0.3) is 0 Å². The van der Waals surface area contributed by atoms with Gasteiger partial charge in [0.1, 0.15) is 0 Å². The van der Waals surface area contributed by atoms with E-state index in [1.54, 1.807) is 0 Å². The maximum atomic E-state index is 4.25. The van der Waals surface area contributed by atoms with Crippen LogP contribution >= 0.6 is 0 Å². The van der Waals surface area contributed by atoms with E-state index in [0.717, 1.165) is 12.7 Å². The van der Waals surface area contributed by atoms with Gasteiger partial charge in [-0.2, -0.15) is 5.10 Å². The van der Waals surface area contributed by atoms with E-state index in [9.17, 15) is 0 Å². The number of rotatable bonds is 6. The molecular formula is C15H23N3Si. The third-order valence-corrected chi connectivity index (χ3v) is 6.45. The molecule has 0 fully saturated rings. The molecule has 0 saturated heterocycles. The molecule has 102 valence electrons. The highest BCUT2D eigenvalue weighted by atomic mass is 28.3. The van der Waals surface area contributed by atoms with Crippen molar-refractivity contribution >= 4 is 13.3 Å². The van der Waals surface area contributed by atoms with E-state index in [4.69, 9.17) is 0 Å². The molecule has 3 nitrogen and oxygen atoms in total. The SMILES string of the molecule is CC(Cn1cccn1)NC[Si](C)(C)c1ccccc1. The summed E-state index contributed by atoms with van der Waals surface area (Å²) in [6.07, 6.45) is 4.94. The molecule has 4 heteroatoms. The minimum Gasteiger partial charge on any atom is -0.315 e. The van der Waals surface area contributed by atoms with Crippen LogP contribution in [-0.4, -0.2) is 30.1 Å². The summed E-state index contributed by atoms with van der Waals surface area (Å²) in [5.74, 6) is 0. The monoisotopic (exact) mass is 273 g/mol. The van der Waals surface area contributed by atoms with Gasteiger partial charge in [0.15, 0.2) is 0 Å². The summed E-state index contributed by atoms with van der Waals surface area (Å²) in [4.78, 5) is 0. The van der Waals surface area contributed by atoms with Gasteiger partial charge in [-0.05, 0) is 19.2 Å². The van der Waals surface area contributed by atoms with Gasteiger partial charge in [-0.3, -0.25) is 4.68 Å². The minimum absolute atomic E-state index is 0.440. The summed E-state index contributed by atoms with van der Waals surface area (Å²) in [5.41, 5.74) is 0. The molecule has 0 saturated carbocycles. The topological polar surface area (TPSA) is 29.9 Å². The Kier molecular flexibility index (Phi) is 4.55. The lowest BCUT2D eigenvalue weighted by atomic mass is 10.3. The first kappa shape index (κ1) is 14.0. The Labute approximate surface area is 116 Å². The van der Waals surface area contributed by atoms with Crippen LogP contribution in [0.1, 0.15) is 6.92 Å². The fourth-order valence-electron chi connectivity index (χ4n) is 2.17. The van der Waals surface area contributed by atoms with Crippen molar-refractivity contribution in [3.63, 3.8) is 0 Å². The molecule has 2 aromatic rings. The van der Waals surface area contributed by atoms with Crippen molar-refractivity contribution in [3.05, 3.63) is 48.8 Å². The molecule has 0 spiro atoms. The Morgan fingerprint density at radius 1 is 1.21 bits per heavy atom. The summed E-state index contributed by atoms with van der Waals surface area (Å²) in [5, 5.41) is 9.42. The number of nitrogens with zero attached hydrogens (tertiary/aromatic N) is 2. The zero-order valence-electron chi connectivity index (χ0n) is 12.0. The van der Waals surface area contributed by atoms with Gasteiger partial charge in [0.05, 0.1) is 14.6 Å². The molecule has 0 bridgehead atoms. The Balaban J connectivity index is 1.87. The maximum Gasteiger partial charge on any atom is 0.0945 e. The largest absolute Gasteiger partial charge is 0.315 e. The first-order valence-electron chi connectivity index (χ1n) is 6.84. The summed E-state index contributed by atoms with van der Waals surface area (Å²) in [6.45, 7) is 7.97. The Bertz CT molecular complexity index is 479. The Morgan fingerprint density at radius 2 is 1.95 bits per heavy atom. The smallest absolute Gasteiger partial charge is 0.0945 e. The third kappa shape index (κ3) is 4.04. The highest BCUT2D eigenvalue weighted by molar-refractivity contribution is 6.90. The molecule has 0 radical (unpaired) electrons. The second kappa shape index (κ2) is 6.17. The number of nitrogens with one attached hydrogen (secondary N) is 1. The van der Waals surface area contributed by atoms with Crippen LogP contribution in [-0.2, 0) is 6.54 Å². The van der Waals surface area contributed by atoms with Crippen LogP contribution in [0.15, 0.2) is 48.8 Å². The van der Waals surface area contributed by atoms with Gasteiger partial charge >= 0.3 is 0 Å². The van der Waals surface area contributed by atoms with Crippen molar-refractivity contribution in [1.82, 2.24) is 15.1 Å². The normalized spacial score (nSPS) is 13.4. The van der Waals surface area contributed by atoms with E-state index in [-0.39, 0.29) is 0 Å². The lowest BCUT2D eigenvalue weighted by Gasteiger charge is -2.26. The van der Waals surface area contributed by atoms with Gasteiger partial charge in [0, 0.05) is 18.4 Å². The highest BCUT2D eigenvalue weighted by Crippen LogP contribution is 2.02. The number of hydrogen-bond acceptors (Lipinski definition) is 2. The van der Waals surface area contributed by atoms with Crippen LogP contribution in [0.5, 0.6) is 0 Å². The van der Waals surface area contributed by atoms with Crippen LogP contribution < -0.4 is 10.5 Å². The van der Waals surface area contributed by atoms with Crippen molar-refractivity contribution in [2.24, 2.45) is 0 Å². The van der Waals surface area contributed by atoms with Gasteiger partial charge in [-0.25, -0.2) is 0 Å². The van der Waals surface area contributed by atoms with E-state index in [2.05, 4.69) is 60.8 Å². The Morgan fingerprint density at radius 3 is 2.58 bits per heavy atom. The fourth-order valence-corrected chi connectivity index (χ4v) is 4.33. The van der Waals surface area contributed by atoms with Gasteiger partial charge < -0.3 is 5.32 Å². The first-order chi connectivity index (χ1) is 9.08. The minimum atomic E-state index is -1.38. The molecule has 1 atom stereocenters. The molecule has 19 heavy (non-hydrogen) atoms. The van der Waals surface area contributed by atoms with E-state index in [1.165, 1.54) is 5.19 Å². The number of aromatic nitrogens is 2. The van der Waals surface area contributed by atoms with Gasteiger partial charge in [0.2, 0.25) is 0 Å². The summed E-state index contributed by atoms with van der Waals surface area (Å²) < 4.78 is 1.98. The first-order valence-corrected chi connectivity index (χ1v) is 10.0. The maximum absolute atomic E-state index is 4.25. The van der Waals surface area contributed by atoms with Crippen LogP contribution in [0.4, 0.5) is 0 Å². The molecule has 2 rings (SSSR count). The van der Waals surface area contributed by atoms with Crippen LogP contribution in [0.2, 0.25) is 13.1 Å². The summed E-state index contributed by atoms with van der Waals surface area (Å²) >= 11 is 0. The lowest BCUT2D eigenvalue weighted by molar-refractivity contribution is 0.473. The zero-order valence-corrected chi connectivity index (χ0v) is 13.0. The fraction of sp³-hybridized carbons (Fsp3) is 0.400. The van der Waals surface area contributed by atoms with Crippen molar-refractivity contribution in [2.75, 3.05) is 6.17 Å². The predicted octanol–water partition coefficient (Wildman–Crippen LogP) is 2.02. The van der Waals surface area contributed by atoms with Gasteiger partial charge in [-0.15, -0.1) is 0 Å². The molecule has 0 aliphatic carbocycles. The van der Waals surface area contributed by atoms with Crippen molar-refractivity contribution < 1.29 is 0 Å². The number of hydrogen-bond donors (Lipinski definition) is 1.